The average molecular weight is 449 g/mol. The molecule has 0 spiro atoms. The number of Topliss-reactive ketones (excluding diaryl/α,β-unsaturated/α-hetero) is 1. The molecular formula is C26H21F2NO4. The van der Waals surface area contributed by atoms with Crippen LogP contribution in [0, 0.1) is 25.5 Å². The molecule has 1 N–H and O–H groups in total. The van der Waals surface area contributed by atoms with Crippen LogP contribution in [0.2, 0.25) is 0 Å². The van der Waals surface area contributed by atoms with Crippen molar-refractivity contribution < 1.29 is 28.2 Å². The number of aryl methyl sites for hydroxylation is 2. The van der Waals surface area contributed by atoms with Crippen LogP contribution in [0.3, 0.4) is 0 Å². The van der Waals surface area contributed by atoms with Crippen molar-refractivity contribution in [3.8, 4) is 5.75 Å². The van der Waals surface area contributed by atoms with Gasteiger partial charge in [-0.2, -0.15) is 0 Å². The van der Waals surface area contributed by atoms with E-state index in [-0.39, 0.29) is 16.8 Å². The third-order valence-electron chi connectivity index (χ3n) is 5.73. The van der Waals surface area contributed by atoms with Gasteiger partial charge in [0.1, 0.15) is 23.1 Å². The molecule has 0 bridgehead atoms. The minimum atomic E-state index is -1.28. The minimum absolute atomic E-state index is 0.00500. The second kappa shape index (κ2) is 8.50. The maximum atomic E-state index is 14.9. The first-order valence-corrected chi connectivity index (χ1v) is 10.2. The van der Waals surface area contributed by atoms with Crippen LogP contribution in [-0.2, 0) is 9.59 Å². The molecule has 1 unspecified atom stereocenters. The standard InChI is InChI=1S/C26H21F2NO4/c1-14-12-21(33-3)15(2)11-19(14)24(30)22-23(18-9-4-5-10-20(18)28)29(26(32)25(22)31)17-8-6-7-16(27)13-17/h4-13,23,30H,1-3H3/b24-22+. The molecule has 0 aromatic heterocycles. The number of aliphatic hydroxyl groups is 1. The number of aliphatic hydroxyl groups excluding tert-OH is 1. The van der Waals surface area contributed by atoms with Crippen LogP contribution in [0.5, 0.6) is 5.75 Å². The van der Waals surface area contributed by atoms with E-state index in [1.165, 1.54) is 43.5 Å². The van der Waals surface area contributed by atoms with Crippen molar-refractivity contribution in [3.05, 3.63) is 100 Å². The van der Waals surface area contributed by atoms with Gasteiger partial charge < -0.3 is 9.84 Å². The van der Waals surface area contributed by atoms with Crippen LogP contribution < -0.4 is 9.64 Å². The molecule has 3 aromatic rings. The molecule has 168 valence electrons. The molecule has 1 atom stereocenters. The molecule has 1 saturated heterocycles. The number of ketones is 1. The second-order valence-corrected chi connectivity index (χ2v) is 7.81. The van der Waals surface area contributed by atoms with Crippen molar-refractivity contribution >= 4 is 23.1 Å². The van der Waals surface area contributed by atoms with Crippen LogP contribution in [-0.4, -0.2) is 23.9 Å². The van der Waals surface area contributed by atoms with Crippen molar-refractivity contribution in [2.45, 2.75) is 19.9 Å². The van der Waals surface area contributed by atoms with E-state index in [2.05, 4.69) is 0 Å². The SMILES string of the molecule is COc1cc(C)c(/C(O)=C2\C(=O)C(=O)N(c3cccc(F)c3)C2c2ccccc2F)cc1C. The van der Waals surface area contributed by atoms with E-state index in [9.17, 15) is 23.5 Å². The molecule has 1 aliphatic heterocycles. The predicted octanol–water partition coefficient (Wildman–Crippen LogP) is 5.22. The zero-order valence-corrected chi connectivity index (χ0v) is 18.2. The summed E-state index contributed by atoms with van der Waals surface area (Å²) in [4.78, 5) is 27.2. The van der Waals surface area contributed by atoms with Crippen LogP contribution in [0.25, 0.3) is 5.76 Å². The van der Waals surface area contributed by atoms with Gasteiger partial charge in [-0.05, 0) is 61.4 Å². The highest BCUT2D eigenvalue weighted by molar-refractivity contribution is 6.51. The van der Waals surface area contributed by atoms with Gasteiger partial charge in [0.15, 0.2) is 0 Å². The summed E-state index contributed by atoms with van der Waals surface area (Å²) < 4.78 is 34.2. The highest BCUT2D eigenvalue weighted by Gasteiger charge is 2.48. The quantitative estimate of drug-likeness (QED) is 0.337. The third-order valence-corrected chi connectivity index (χ3v) is 5.73. The lowest BCUT2D eigenvalue weighted by atomic mass is 9.92. The molecule has 7 heteroatoms. The maximum absolute atomic E-state index is 14.9. The highest BCUT2D eigenvalue weighted by Crippen LogP contribution is 2.43. The molecule has 0 saturated carbocycles. The zero-order valence-electron chi connectivity index (χ0n) is 18.2. The fraction of sp³-hybridized carbons (Fsp3) is 0.154. The Morgan fingerprint density at radius 1 is 0.970 bits per heavy atom. The Balaban J connectivity index is 2.00. The van der Waals surface area contributed by atoms with Crippen LogP contribution in [0.4, 0.5) is 14.5 Å². The number of halogens is 2. The highest BCUT2D eigenvalue weighted by atomic mass is 19.1. The molecule has 3 aromatic carbocycles. The van der Waals surface area contributed by atoms with E-state index in [1.807, 2.05) is 0 Å². The Kier molecular flexibility index (Phi) is 5.72. The molecule has 1 amide bonds. The van der Waals surface area contributed by atoms with Gasteiger partial charge in [-0.1, -0.05) is 24.3 Å². The van der Waals surface area contributed by atoms with Crippen molar-refractivity contribution in [2.75, 3.05) is 12.0 Å². The number of carbonyl (C=O) groups excluding carboxylic acids is 2. The fourth-order valence-electron chi connectivity index (χ4n) is 4.13. The topological polar surface area (TPSA) is 66.8 Å². The smallest absolute Gasteiger partial charge is 0.300 e. The summed E-state index contributed by atoms with van der Waals surface area (Å²) in [7, 11) is 1.52. The summed E-state index contributed by atoms with van der Waals surface area (Å²) >= 11 is 0. The normalized spacial score (nSPS) is 17.5. The predicted molar refractivity (Wildman–Crippen MR) is 120 cm³/mol. The van der Waals surface area contributed by atoms with E-state index in [0.29, 0.717) is 22.4 Å². The van der Waals surface area contributed by atoms with E-state index < -0.39 is 35.1 Å². The third kappa shape index (κ3) is 3.75. The van der Waals surface area contributed by atoms with Gasteiger partial charge in [-0.15, -0.1) is 0 Å². The number of carbonyl (C=O) groups is 2. The molecule has 1 heterocycles. The number of hydrogen-bond acceptors (Lipinski definition) is 4. The van der Waals surface area contributed by atoms with Gasteiger partial charge in [0.2, 0.25) is 0 Å². The summed E-state index contributed by atoms with van der Waals surface area (Å²) in [6, 6.07) is 12.8. The molecule has 1 fully saturated rings. The number of rotatable bonds is 4. The van der Waals surface area contributed by atoms with E-state index in [4.69, 9.17) is 4.74 Å². The number of ether oxygens (including phenoxy) is 1. The molecule has 5 nitrogen and oxygen atoms in total. The maximum Gasteiger partial charge on any atom is 0.300 e. The Morgan fingerprint density at radius 3 is 2.36 bits per heavy atom. The summed E-state index contributed by atoms with van der Waals surface area (Å²) in [5.41, 5.74) is 1.41. The molecule has 4 rings (SSSR count). The first-order chi connectivity index (χ1) is 15.7. The Labute approximate surface area is 189 Å². The minimum Gasteiger partial charge on any atom is -0.507 e. The molecule has 1 aliphatic rings. The van der Waals surface area contributed by atoms with Crippen molar-refractivity contribution in [1.82, 2.24) is 0 Å². The molecule has 33 heavy (non-hydrogen) atoms. The van der Waals surface area contributed by atoms with Gasteiger partial charge in [0, 0.05) is 16.8 Å². The van der Waals surface area contributed by atoms with Gasteiger partial charge >= 0.3 is 0 Å². The van der Waals surface area contributed by atoms with Crippen LogP contribution in [0.15, 0.2) is 66.2 Å². The van der Waals surface area contributed by atoms with E-state index >= 15 is 0 Å². The monoisotopic (exact) mass is 449 g/mol. The lowest BCUT2D eigenvalue weighted by Gasteiger charge is -2.26. The number of anilines is 1. The van der Waals surface area contributed by atoms with Crippen molar-refractivity contribution in [2.24, 2.45) is 0 Å². The Bertz CT molecular complexity index is 1320. The Hall–Kier alpha value is -4.00. The average Bonchev–Trinajstić information content (AvgIpc) is 3.05. The molecule has 0 radical (unpaired) electrons. The Morgan fingerprint density at radius 2 is 1.70 bits per heavy atom. The second-order valence-electron chi connectivity index (χ2n) is 7.81. The largest absolute Gasteiger partial charge is 0.507 e. The van der Waals surface area contributed by atoms with Crippen LogP contribution in [0.1, 0.15) is 28.3 Å². The van der Waals surface area contributed by atoms with Gasteiger partial charge in [0.25, 0.3) is 11.7 Å². The summed E-state index contributed by atoms with van der Waals surface area (Å²) in [6.07, 6.45) is 0. The molecular weight excluding hydrogens is 428 g/mol. The number of benzene rings is 3. The number of amides is 1. The number of hydrogen-bond donors (Lipinski definition) is 1. The van der Waals surface area contributed by atoms with Gasteiger partial charge in [-0.3, -0.25) is 14.5 Å². The fourth-order valence-corrected chi connectivity index (χ4v) is 4.13. The first kappa shape index (κ1) is 22.2. The van der Waals surface area contributed by atoms with Gasteiger partial charge in [0.05, 0.1) is 18.7 Å². The number of nitrogens with zero attached hydrogens (tertiary/aromatic N) is 1. The van der Waals surface area contributed by atoms with Crippen molar-refractivity contribution in [1.29, 1.82) is 0 Å². The van der Waals surface area contributed by atoms with E-state index in [0.717, 1.165) is 11.0 Å². The first-order valence-electron chi connectivity index (χ1n) is 10.2. The van der Waals surface area contributed by atoms with Crippen LogP contribution >= 0.6 is 0 Å². The summed E-state index contributed by atoms with van der Waals surface area (Å²) in [5.74, 6) is -3.11. The summed E-state index contributed by atoms with van der Waals surface area (Å²) in [5, 5.41) is 11.3. The zero-order chi connectivity index (χ0) is 23.9. The van der Waals surface area contributed by atoms with E-state index in [1.54, 1.807) is 32.0 Å². The lowest BCUT2D eigenvalue weighted by Crippen LogP contribution is -2.30. The lowest BCUT2D eigenvalue weighted by molar-refractivity contribution is -0.132. The van der Waals surface area contributed by atoms with Gasteiger partial charge in [-0.25, -0.2) is 8.78 Å². The van der Waals surface area contributed by atoms with Crippen molar-refractivity contribution in [3.63, 3.8) is 0 Å². The summed E-state index contributed by atoms with van der Waals surface area (Å²) in [6.45, 7) is 3.49. The molecule has 0 aliphatic carbocycles. The number of methoxy groups -OCH3 is 1.